The van der Waals surface area contributed by atoms with Crippen LogP contribution in [-0.4, -0.2) is 28.9 Å². The number of nitrogens with zero attached hydrogens (tertiary/aromatic N) is 1. The lowest BCUT2D eigenvalue weighted by Gasteiger charge is -2.37. The minimum absolute atomic E-state index is 0.738. The zero-order valence-corrected chi connectivity index (χ0v) is 12.4. The van der Waals surface area contributed by atoms with Crippen LogP contribution in [0.15, 0.2) is 24.3 Å². The number of halogens is 1. The Bertz CT molecular complexity index is 391. The van der Waals surface area contributed by atoms with Gasteiger partial charge in [0.05, 0.1) is 7.11 Å². The minimum Gasteiger partial charge on any atom is -0.497 e. The van der Waals surface area contributed by atoms with Crippen LogP contribution in [0.25, 0.3) is 0 Å². The van der Waals surface area contributed by atoms with Gasteiger partial charge in [-0.05, 0) is 43.4 Å². The Kier molecular flexibility index (Phi) is 3.62. The third-order valence-corrected chi connectivity index (χ3v) is 5.10. The van der Waals surface area contributed by atoms with E-state index in [4.69, 9.17) is 4.74 Å². The molecule has 3 heteroatoms. The van der Waals surface area contributed by atoms with Crippen molar-refractivity contribution < 1.29 is 4.74 Å². The van der Waals surface area contributed by atoms with Crippen molar-refractivity contribution in [2.75, 3.05) is 7.11 Å². The fourth-order valence-electron chi connectivity index (χ4n) is 3.41. The maximum absolute atomic E-state index is 5.21. The first-order valence-corrected chi connectivity index (χ1v) is 7.70. The van der Waals surface area contributed by atoms with Gasteiger partial charge in [0.1, 0.15) is 5.75 Å². The molecule has 2 aliphatic heterocycles. The lowest BCUT2D eigenvalue weighted by Crippen LogP contribution is -2.42. The predicted octanol–water partition coefficient (Wildman–Crippen LogP) is 3.59. The van der Waals surface area contributed by atoms with Crippen LogP contribution in [0, 0.1) is 0 Å². The van der Waals surface area contributed by atoms with Crippen LogP contribution in [0.1, 0.15) is 31.2 Å². The van der Waals surface area contributed by atoms with Gasteiger partial charge >= 0.3 is 0 Å². The van der Waals surface area contributed by atoms with Gasteiger partial charge in [-0.2, -0.15) is 0 Å². The van der Waals surface area contributed by atoms with Crippen molar-refractivity contribution in [1.29, 1.82) is 0 Å². The number of hydrogen-bond acceptors (Lipinski definition) is 2. The molecule has 18 heavy (non-hydrogen) atoms. The molecule has 3 rings (SSSR count). The maximum Gasteiger partial charge on any atom is 0.118 e. The van der Waals surface area contributed by atoms with Crippen molar-refractivity contribution in [2.24, 2.45) is 0 Å². The zero-order chi connectivity index (χ0) is 12.5. The highest BCUT2D eigenvalue weighted by Gasteiger charge is 2.39. The van der Waals surface area contributed by atoms with Gasteiger partial charge in [-0.1, -0.05) is 28.1 Å². The van der Waals surface area contributed by atoms with Gasteiger partial charge < -0.3 is 4.74 Å². The molecule has 2 nitrogen and oxygen atoms in total. The molecule has 1 aromatic carbocycles. The molecule has 2 aliphatic rings. The summed E-state index contributed by atoms with van der Waals surface area (Å²) in [7, 11) is 1.72. The molecule has 0 aliphatic carbocycles. The Balaban J connectivity index is 1.69. The first-order valence-electron chi connectivity index (χ1n) is 6.79. The summed E-state index contributed by atoms with van der Waals surface area (Å²) in [6.07, 6.45) is 5.38. The molecule has 0 spiro atoms. The Morgan fingerprint density at radius 2 is 1.78 bits per heavy atom. The van der Waals surface area contributed by atoms with E-state index in [1.165, 1.54) is 31.2 Å². The number of rotatable bonds is 3. The third-order valence-electron chi connectivity index (χ3n) is 4.35. The van der Waals surface area contributed by atoms with Crippen LogP contribution >= 0.6 is 15.9 Å². The van der Waals surface area contributed by atoms with Crippen molar-refractivity contribution >= 4 is 15.9 Å². The van der Waals surface area contributed by atoms with Crippen LogP contribution in [0.3, 0.4) is 0 Å². The summed E-state index contributed by atoms with van der Waals surface area (Å²) in [6.45, 7) is 1.10. The van der Waals surface area contributed by atoms with E-state index in [0.717, 1.165) is 29.2 Å². The SMILES string of the molecule is COc1ccc(CN2C3CCC2CC(Br)C3)cc1. The molecule has 0 N–H and O–H groups in total. The van der Waals surface area contributed by atoms with Crippen LogP contribution < -0.4 is 4.74 Å². The van der Waals surface area contributed by atoms with Gasteiger partial charge in [0, 0.05) is 23.5 Å². The Labute approximate surface area is 117 Å². The first-order chi connectivity index (χ1) is 8.76. The highest BCUT2D eigenvalue weighted by atomic mass is 79.9. The summed E-state index contributed by atoms with van der Waals surface area (Å²) in [5, 5.41) is 0. The van der Waals surface area contributed by atoms with E-state index in [1.54, 1.807) is 7.11 Å². The number of benzene rings is 1. The predicted molar refractivity (Wildman–Crippen MR) is 77.3 cm³/mol. The van der Waals surface area contributed by atoms with Crippen molar-refractivity contribution in [3.63, 3.8) is 0 Å². The topological polar surface area (TPSA) is 12.5 Å². The first kappa shape index (κ1) is 12.5. The standard InChI is InChI=1S/C15H20BrNO/c1-18-15-6-2-11(3-7-15)10-17-13-4-5-14(17)9-12(16)8-13/h2-3,6-7,12-14H,4-5,8-10H2,1H3. The van der Waals surface area contributed by atoms with Crippen LogP contribution in [-0.2, 0) is 6.54 Å². The molecule has 0 radical (unpaired) electrons. The zero-order valence-electron chi connectivity index (χ0n) is 10.8. The van der Waals surface area contributed by atoms with Crippen LogP contribution in [0.4, 0.5) is 0 Å². The molecule has 2 fully saturated rings. The highest BCUT2D eigenvalue weighted by Crippen LogP contribution is 2.39. The summed E-state index contributed by atoms with van der Waals surface area (Å²) in [6, 6.07) is 10.1. The second-order valence-corrected chi connectivity index (χ2v) is 6.77. The molecule has 0 saturated carbocycles. The molecule has 2 atom stereocenters. The average molecular weight is 310 g/mol. The highest BCUT2D eigenvalue weighted by molar-refractivity contribution is 9.09. The monoisotopic (exact) mass is 309 g/mol. The van der Waals surface area contributed by atoms with Gasteiger partial charge in [0.25, 0.3) is 0 Å². The fourth-order valence-corrected chi connectivity index (χ4v) is 4.27. The molecular formula is C15H20BrNO. The maximum atomic E-state index is 5.21. The molecule has 2 bridgehead atoms. The van der Waals surface area contributed by atoms with Crippen molar-refractivity contribution in [2.45, 2.75) is 49.1 Å². The number of alkyl halides is 1. The Hall–Kier alpha value is -0.540. The summed E-state index contributed by atoms with van der Waals surface area (Å²) >= 11 is 3.80. The molecule has 98 valence electrons. The summed E-state index contributed by atoms with van der Waals surface area (Å²) in [5.41, 5.74) is 1.40. The summed E-state index contributed by atoms with van der Waals surface area (Å²) in [4.78, 5) is 3.45. The lowest BCUT2D eigenvalue weighted by molar-refractivity contribution is 0.137. The Morgan fingerprint density at radius 1 is 1.17 bits per heavy atom. The summed E-state index contributed by atoms with van der Waals surface area (Å²) in [5.74, 6) is 0.945. The average Bonchev–Trinajstić information content (AvgIpc) is 2.62. The van der Waals surface area contributed by atoms with E-state index in [0.29, 0.717) is 0 Å². The number of ether oxygens (including phenoxy) is 1. The molecular weight excluding hydrogens is 290 g/mol. The van der Waals surface area contributed by atoms with Gasteiger partial charge in [-0.3, -0.25) is 4.90 Å². The number of fused-ring (bicyclic) bond motifs is 2. The third kappa shape index (κ3) is 2.43. The largest absolute Gasteiger partial charge is 0.497 e. The van der Waals surface area contributed by atoms with Crippen LogP contribution in [0.2, 0.25) is 0 Å². The molecule has 0 aromatic heterocycles. The van der Waals surface area contributed by atoms with E-state index in [1.807, 2.05) is 0 Å². The van der Waals surface area contributed by atoms with E-state index >= 15 is 0 Å². The van der Waals surface area contributed by atoms with Crippen LogP contribution in [0.5, 0.6) is 5.75 Å². The van der Waals surface area contributed by atoms with E-state index < -0.39 is 0 Å². The Morgan fingerprint density at radius 3 is 2.33 bits per heavy atom. The molecule has 2 saturated heterocycles. The minimum atomic E-state index is 0.738. The second kappa shape index (κ2) is 5.22. The van der Waals surface area contributed by atoms with E-state index in [-0.39, 0.29) is 0 Å². The van der Waals surface area contributed by atoms with Gasteiger partial charge in [0.2, 0.25) is 0 Å². The van der Waals surface area contributed by atoms with Gasteiger partial charge in [-0.15, -0.1) is 0 Å². The van der Waals surface area contributed by atoms with Gasteiger partial charge in [0.15, 0.2) is 0 Å². The smallest absolute Gasteiger partial charge is 0.118 e. The number of methoxy groups -OCH3 is 1. The van der Waals surface area contributed by atoms with E-state index in [2.05, 4.69) is 45.1 Å². The molecule has 2 heterocycles. The summed E-state index contributed by atoms with van der Waals surface area (Å²) < 4.78 is 5.21. The fraction of sp³-hybridized carbons (Fsp3) is 0.600. The van der Waals surface area contributed by atoms with E-state index in [9.17, 15) is 0 Å². The quantitative estimate of drug-likeness (QED) is 0.791. The lowest BCUT2D eigenvalue weighted by atomic mass is 10.0. The normalized spacial score (nSPS) is 31.6. The van der Waals surface area contributed by atoms with Crippen molar-refractivity contribution in [3.8, 4) is 5.75 Å². The molecule has 0 amide bonds. The second-order valence-electron chi connectivity index (χ2n) is 5.47. The number of piperidine rings is 1. The number of hydrogen-bond donors (Lipinski definition) is 0. The molecule has 2 unspecified atom stereocenters. The molecule has 1 aromatic rings. The van der Waals surface area contributed by atoms with Crippen molar-refractivity contribution in [3.05, 3.63) is 29.8 Å². The van der Waals surface area contributed by atoms with Crippen molar-refractivity contribution in [1.82, 2.24) is 4.90 Å². The van der Waals surface area contributed by atoms with Gasteiger partial charge in [-0.25, -0.2) is 0 Å².